The van der Waals surface area contributed by atoms with E-state index in [-0.39, 0.29) is 11.3 Å². The van der Waals surface area contributed by atoms with Crippen LogP contribution in [0.2, 0.25) is 0 Å². The first-order valence-electron chi connectivity index (χ1n) is 5.72. The lowest BCUT2D eigenvalue weighted by atomic mass is 9.97. The van der Waals surface area contributed by atoms with Gasteiger partial charge in [0.2, 0.25) is 5.91 Å². The van der Waals surface area contributed by atoms with E-state index in [0.717, 1.165) is 18.5 Å². The molecule has 1 N–H and O–H groups in total. The van der Waals surface area contributed by atoms with Crippen LogP contribution in [0.1, 0.15) is 30.7 Å². The van der Waals surface area contributed by atoms with Crippen molar-refractivity contribution >= 4 is 11.6 Å². The molecule has 0 aromatic heterocycles. The number of rotatable bonds is 0. The van der Waals surface area contributed by atoms with Gasteiger partial charge in [0.25, 0.3) is 0 Å². The average molecular weight is 199 g/mol. The number of benzene rings is 1. The number of hydrogen-bond donors (Lipinski definition) is 1. The summed E-state index contributed by atoms with van der Waals surface area (Å²) in [6, 6.07) is 8.28. The monoisotopic (exact) mass is 199 g/mol. The highest BCUT2D eigenvalue weighted by molar-refractivity contribution is 5.99. The summed E-state index contributed by atoms with van der Waals surface area (Å²) in [6.45, 7) is 0. The molecular weight excluding hydrogens is 186 g/mol. The molecule has 2 fully saturated rings. The van der Waals surface area contributed by atoms with Crippen LogP contribution in [-0.4, -0.2) is 5.91 Å². The molecule has 3 aliphatic rings. The van der Waals surface area contributed by atoms with Gasteiger partial charge in [0.1, 0.15) is 0 Å². The standard InChI is InChI=1S/C13H13NO/c15-12-13(5-6-13)10-7-9(10)8-3-1-2-4-11(8)14-12/h1-4,9-10H,5-7H2,(H,14,15)/t9?,10-/m1/s1. The molecule has 1 amide bonds. The van der Waals surface area contributed by atoms with E-state index in [4.69, 9.17) is 0 Å². The van der Waals surface area contributed by atoms with E-state index in [2.05, 4.69) is 17.4 Å². The molecule has 15 heavy (non-hydrogen) atoms. The molecule has 1 aromatic carbocycles. The quantitative estimate of drug-likeness (QED) is 0.683. The zero-order valence-corrected chi connectivity index (χ0v) is 8.49. The lowest BCUT2D eigenvalue weighted by Crippen LogP contribution is -2.24. The second-order valence-electron chi connectivity index (χ2n) is 5.15. The van der Waals surface area contributed by atoms with Crippen molar-refractivity contribution in [2.45, 2.75) is 25.2 Å². The maximum Gasteiger partial charge on any atom is 0.230 e. The van der Waals surface area contributed by atoms with E-state index in [1.54, 1.807) is 0 Å². The third-order valence-corrected chi connectivity index (χ3v) is 4.35. The molecule has 2 aliphatic carbocycles. The first-order chi connectivity index (χ1) is 7.31. The minimum absolute atomic E-state index is 0.0314. The van der Waals surface area contributed by atoms with Crippen LogP contribution < -0.4 is 5.32 Å². The summed E-state index contributed by atoms with van der Waals surface area (Å²) >= 11 is 0. The van der Waals surface area contributed by atoms with Crippen LogP contribution in [0.25, 0.3) is 0 Å². The second kappa shape index (κ2) is 2.26. The van der Waals surface area contributed by atoms with E-state index in [9.17, 15) is 4.79 Å². The first kappa shape index (κ1) is 7.91. The van der Waals surface area contributed by atoms with Gasteiger partial charge >= 0.3 is 0 Å². The van der Waals surface area contributed by atoms with Gasteiger partial charge in [0.05, 0.1) is 5.41 Å². The summed E-state index contributed by atoms with van der Waals surface area (Å²) in [6.07, 6.45) is 3.44. The number of carbonyl (C=O) groups excluding carboxylic acids is 1. The molecule has 0 saturated heterocycles. The fourth-order valence-corrected chi connectivity index (χ4v) is 3.23. The first-order valence-corrected chi connectivity index (χ1v) is 5.72. The van der Waals surface area contributed by atoms with Crippen LogP contribution in [-0.2, 0) is 4.79 Å². The molecule has 76 valence electrons. The van der Waals surface area contributed by atoms with Gasteiger partial charge in [-0.2, -0.15) is 0 Å². The van der Waals surface area contributed by atoms with Gasteiger partial charge in [-0.05, 0) is 42.7 Å². The molecule has 4 rings (SSSR count). The maximum atomic E-state index is 12.1. The molecular formula is C13H13NO. The van der Waals surface area contributed by atoms with Crippen LogP contribution in [0, 0.1) is 11.3 Å². The van der Waals surface area contributed by atoms with E-state index < -0.39 is 0 Å². The van der Waals surface area contributed by atoms with Crippen molar-refractivity contribution in [2.75, 3.05) is 5.32 Å². The SMILES string of the molecule is O=C1Nc2ccccc2C2C[C@H]2C12CC2. The van der Waals surface area contributed by atoms with Gasteiger partial charge in [0.15, 0.2) is 0 Å². The Balaban J connectivity index is 1.87. The zero-order chi connectivity index (χ0) is 10.0. The molecule has 0 radical (unpaired) electrons. The Hall–Kier alpha value is -1.31. The Bertz CT molecular complexity index is 461. The van der Waals surface area contributed by atoms with Crippen LogP contribution in [0.5, 0.6) is 0 Å². The molecule has 2 nitrogen and oxygen atoms in total. The Morgan fingerprint density at radius 3 is 2.87 bits per heavy atom. The Labute approximate surface area is 88.7 Å². The van der Waals surface area contributed by atoms with Crippen molar-refractivity contribution in [3.8, 4) is 0 Å². The van der Waals surface area contributed by atoms with Gasteiger partial charge in [-0.25, -0.2) is 0 Å². The minimum Gasteiger partial charge on any atom is -0.325 e. The van der Waals surface area contributed by atoms with E-state index in [1.165, 1.54) is 12.0 Å². The molecule has 0 bridgehead atoms. The summed E-state index contributed by atoms with van der Waals surface area (Å²) in [7, 11) is 0. The summed E-state index contributed by atoms with van der Waals surface area (Å²) < 4.78 is 0. The van der Waals surface area contributed by atoms with E-state index >= 15 is 0 Å². The Morgan fingerprint density at radius 2 is 2.07 bits per heavy atom. The Kier molecular flexibility index (Phi) is 1.19. The van der Waals surface area contributed by atoms with Crippen molar-refractivity contribution in [1.29, 1.82) is 0 Å². The molecule has 1 aromatic rings. The molecule has 1 heterocycles. The smallest absolute Gasteiger partial charge is 0.230 e. The lowest BCUT2D eigenvalue weighted by Gasteiger charge is -2.11. The predicted molar refractivity (Wildman–Crippen MR) is 57.6 cm³/mol. The summed E-state index contributed by atoms with van der Waals surface area (Å²) in [5, 5.41) is 3.10. The number of anilines is 1. The highest BCUT2D eigenvalue weighted by Crippen LogP contribution is 2.69. The van der Waals surface area contributed by atoms with Gasteiger partial charge in [-0.1, -0.05) is 18.2 Å². The van der Waals surface area contributed by atoms with Gasteiger partial charge in [-0.15, -0.1) is 0 Å². The number of amides is 1. The fraction of sp³-hybridized carbons (Fsp3) is 0.462. The third kappa shape index (κ3) is 0.876. The van der Waals surface area contributed by atoms with Crippen LogP contribution >= 0.6 is 0 Å². The Morgan fingerprint density at radius 1 is 1.27 bits per heavy atom. The summed E-state index contributed by atoms with van der Waals surface area (Å²) in [5.74, 6) is 1.57. The average Bonchev–Trinajstić information content (AvgIpc) is 3.11. The van der Waals surface area contributed by atoms with Crippen LogP contribution in [0.3, 0.4) is 0 Å². The largest absolute Gasteiger partial charge is 0.325 e. The summed E-state index contributed by atoms with van der Waals surface area (Å²) in [5.41, 5.74) is 2.45. The van der Waals surface area contributed by atoms with Gasteiger partial charge in [0, 0.05) is 5.69 Å². The zero-order valence-electron chi connectivity index (χ0n) is 8.49. The number of nitrogens with one attached hydrogen (secondary N) is 1. The summed E-state index contributed by atoms with van der Waals surface area (Å²) in [4.78, 5) is 12.1. The molecule has 2 heteroatoms. The van der Waals surface area contributed by atoms with Crippen LogP contribution in [0.4, 0.5) is 5.69 Å². The minimum atomic E-state index is 0.0314. The molecule has 2 saturated carbocycles. The van der Waals surface area contributed by atoms with E-state index in [0.29, 0.717) is 11.8 Å². The molecule has 2 atom stereocenters. The van der Waals surface area contributed by atoms with E-state index in [1.807, 2.05) is 12.1 Å². The maximum absolute atomic E-state index is 12.1. The van der Waals surface area contributed by atoms with Crippen LogP contribution in [0.15, 0.2) is 24.3 Å². The van der Waals surface area contributed by atoms with Gasteiger partial charge in [-0.3, -0.25) is 4.79 Å². The normalized spacial score (nSPS) is 33.7. The number of carbonyl (C=O) groups is 1. The highest BCUT2D eigenvalue weighted by Gasteiger charge is 2.65. The third-order valence-electron chi connectivity index (χ3n) is 4.35. The number of para-hydroxylation sites is 1. The number of hydrogen-bond acceptors (Lipinski definition) is 1. The lowest BCUT2D eigenvalue weighted by molar-refractivity contribution is -0.121. The van der Waals surface area contributed by atoms with Crippen molar-refractivity contribution in [3.05, 3.63) is 29.8 Å². The molecule has 1 aliphatic heterocycles. The topological polar surface area (TPSA) is 29.1 Å². The molecule has 1 unspecified atom stereocenters. The van der Waals surface area contributed by atoms with Crippen molar-refractivity contribution in [1.82, 2.24) is 0 Å². The van der Waals surface area contributed by atoms with Gasteiger partial charge < -0.3 is 5.32 Å². The fourth-order valence-electron chi connectivity index (χ4n) is 3.23. The predicted octanol–water partition coefficient (Wildman–Crippen LogP) is 2.52. The van der Waals surface area contributed by atoms with Crippen molar-refractivity contribution in [2.24, 2.45) is 11.3 Å². The van der Waals surface area contributed by atoms with Crippen molar-refractivity contribution in [3.63, 3.8) is 0 Å². The second-order valence-corrected chi connectivity index (χ2v) is 5.15. The molecule has 1 spiro atoms. The van der Waals surface area contributed by atoms with Crippen molar-refractivity contribution < 1.29 is 4.79 Å². The highest BCUT2D eigenvalue weighted by atomic mass is 16.2. The number of fused-ring (bicyclic) bond motifs is 4.